The summed E-state index contributed by atoms with van der Waals surface area (Å²) in [5.74, 6) is -6.80. The number of carboxylic acid groups (broad SMARTS) is 1. The molecule has 0 aliphatic carbocycles. The molecule has 57 heavy (non-hydrogen) atoms. The minimum atomic E-state index is -3.13. The topological polar surface area (TPSA) is 423 Å². The van der Waals surface area contributed by atoms with Crippen LogP contribution in [0.3, 0.4) is 0 Å². The van der Waals surface area contributed by atoms with Gasteiger partial charge in [0.25, 0.3) is 5.79 Å². The van der Waals surface area contributed by atoms with Crippen molar-refractivity contribution in [3.05, 3.63) is 0 Å². The van der Waals surface area contributed by atoms with E-state index < -0.39 is 179 Å². The summed E-state index contributed by atoms with van der Waals surface area (Å²) in [6.45, 7) is -2.00. The van der Waals surface area contributed by atoms with Crippen LogP contribution in [0.25, 0.3) is 0 Å². The number of aliphatic carboxylic acids is 1. The maximum absolute atomic E-state index is 12.8. The average molecular weight is 837 g/mol. The van der Waals surface area contributed by atoms with E-state index in [1.807, 2.05) is 0 Å². The fourth-order valence-corrected chi connectivity index (χ4v) is 7.04. The van der Waals surface area contributed by atoms with Crippen molar-refractivity contribution in [2.45, 2.75) is 149 Å². The van der Waals surface area contributed by atoms with Gasteiger partial charge >= 0.3 is 5.97 Å². The van der Waals surface area contributed by atoms with E-state index in [4.69, 9.17) is 33.2 Å². The van der Waals surface area contributed by atoms with Gasteiger partial charge in [-0.05, 0) is 0 Å². The van der Waals surface area contributed by atoms with Crippen molar-refractivity contribution in [2.24, 2.45) is 0 Å². The predicted octanol–water partition coefficient (Wildman–Crippen LogP) is -10.3. The quantitative estimate of drug-likeness (QED) is 0.0728. The lowest BCUT2D eigenvalue weighted by Crippen LogP contribution is -2.71. The second-order valence-electron chi connectivity index (χ2n) is 14.0. The van der Waals surface area contributed by atoms with Crippen LogP contribution in [-0.2, 0) is 47.5 Å². The molecular formula is C31H52N2O24. The number of hydrogen-bond acceptors (Lipinski definition) is 23. The molecule has 4 rings (SSSR count). The highest BCUT2D eigenvalue weighted by molar-refractivity contribution is 5.76. The van der Waals surface area contributed by atoms with E-state index in [-0.39, 0.29) is 0 Å². The summed E-state index contributed by atoms with van der Waals surface area (Å²) in [4.78, 5) is 37.2. The van der Waals surface area contributed by atoms with Gasteiger partial charge < -0.3 is 115 Å². The monoisotopic (exact) mass is 836 g/mol. The molecule has 26 nitrogen and oxygen atoms in total. The molecule has 0 aromatic carbocycles. The molecule has 2 amide bonds. The summed E-state index contributed by atoms with van der Waals surface area (Å²) >= 11 is 0. The molecule has 4 aliphatic rings. The number of ether oxygens (including phenoxy) is 7. The van der Waals surface area contributed by atoms with E-state index in [1.54, 1.807) is 0 Å². The molecule has 0 aromatic heterocycles. The number of rotatable bonds is 15. The average Bonchev–Trinajstić information content (AvgIpc) is 3.16. The number of aliphatic hydroxyl groups is 13. The summed E-state index contributed by atoms with van der Waals surface area (Å²) in [5, 5.41) is 151. The molecule has 0 saturated carbocycles. The first-order valence-electron chi connectivity index (χ1n) is 17.7. The first-order valence-corrected chi connectivity index (χ1v) is 17.7. The Morgan fingerprint density at radius 2 is 1.18 bits per heavy atom. The molecule has 4 fully saturated rings. The van der Waals surface area contributed by atoms with Crippen LogP contribution in [0.2, 0.25) is 0 Å². The Hall–Kier alpha value is -2.39. The first kappa shape index (κ1) is 47.3. The third-order valence-corrected chi connectivity index (χ3v) is 9.98. The van der Waals surface area contributed by atoms with Crippen molar-refractivity contribution < 1.29 is 119 Å². The molecule has 0 bridgehead atoms. The molecule has 4 saturated heterocycles. The molecule has 21 atom stereocenters. The van der Waals surface area contributed by atoms with Gasteiger partial charge in [-0.2, -0.15) is 0 Å². The van der Waals surface area contributed by atoms with Crippen LogP contribution in [0.15, 0.2) is 0 Å². The number of amides is 2. The predicted molar refractivity (Wildman–Crippen MR) is 174 cm³/mol. The Kier molecular flexibility index (Phi) is 16.4. The second kappa shape index (κ2) is 19.8. The molecule has 0 aromatic rings. The largest absolute Gasteiger partial charge is 0.477 e. The van der Waals surface area contributed by atoms with Crippen LogP contribution < -0.4 is 10.6 Å². The minimum Gasteiger partial charge on any atom is -0.477 e. The van der Waals surface area contributed by atoms with Crippen LogP contribution >= 0.6 is 0 Å². The number of carbonyl (C=O) groups excluding carboxylic acids is 2. The Morgan fingerprint density at radius 1 is 0.684 bits per heavy atom. The highest BCUT2D eigenvalue weighted by atomic mass is 16.8. The SMILES string of the molecule is CC(=O)N[C@H]1[C@H](O[C@@H]2[C@@H](O)[C@H](O)O[C@H](CO)[C@@H]2O)O[C@H](CO)[C@@H](O)[C@@H]1O[C@@H]1O[C@H](CO)[C@H](O)[C@H](O[C@]2(C(=O)O)C[C@H](O)[C@@H](NC(C)=O)[C@H]([C@H](O)[C@H](O)CO)O2)[C@H]1O. The zero-order valence-electron chi connectivity index (χ0n) is 30.4. The van der Waals surface area contributed by atoms with E-state index >= 15 is 0 Å². The van der Waals surface area contributed by atoms with Crippen molar-refractivity contribution in [3.8, 4) is 0 Å². The van der Waals surface area contributed by atoms with Gasteiger partial charge in [-0.1, -0.05) is 0 Å². The van der Waals surface area contributed by atoms with E-state index in [0.717, 1.165) is 13.8 Å². The van der Waals surface area contributed by atoms with Gasteiger partial charge in [0, 0.05) is 20.3 Å². The third kappa shape index (κ3) is 10.2. The van der Waals surface area contributed by atoms with Gasteiger partial charge in [0.15, 0.2) is 18.9 Å². The molecule has 4 aliphatic heterocycles. The maximum atomic E-state index is 12.8. The lowest BCUT2D eigenvalue weighted by Gasteiger charge is -2.51. The van der Waals surface area contributed by atoms with Crippen molar-refractivity contribution in [3.63, 3.8) is 0 Å². The maximum Gasteiger partial charge on any atom is 0.364 e. The third-order valence-electron chi connectivity index (χ3n) is 9.98. The lowest BCUT2D eigenvalue weighted by molar-refractivity contribution is -0.385. The van der Waals surface area contributed by atoms with E-state index in [9.17, 15) is 85.9 Å². The number of carboxylic acids is 1. The summed E-state index contributed by atoms with van der Waals surface area (Å²) in [5.41, 5.74) is 0. The van der Waals surface area contributed by atoms with Crippen molar-refractivity contribution in [1.29, 1.82) is 0 Å². The molecule has 0 unspecified atom stereocenters. The molecule has 330 valence electrons. The highest BCUT2D eigenvalue weighted by Gasteiger charge is 2.60. The summed E-state index contributed by atoms with van der Waals surface area (Å²) in [6, 6.07) is -3.34. The van der Waals surface area contributed by atoms with Crippen LogP contribution in [0.5, 0.6) is 0 Å². The zero-order valence-corrected chi connectivity index (χ0v) is 30.4. The van der Waals surface area contributed by atoms with Gasteiger partial charge in [0.1, 0.15) is 91.5 Å². The van der Waals surface area contributed by atoms with Gasteiger partial charge in [-0.3, -0.25) is 9.59 Å². The molecule has 26 heteroatoms. The summed E-state index contributed by atoms with van der Waals surface area (Å²) in [7, 11) is 0. The number of hydrogen-bond donors (Lipinski definition) is 16. The summed E-state index contributed by atoms with van der Waals surface area (Å²) in [6.07, 6.45) is -36.5. The summed E-state index contributed by atoms with van der Waals surface area (Å²) < 4.78 is 38.9. The van der Waals surface area contributed by atoms with Crippen LogP contribution in [0.1, 0.15) is 20.3 Å². The van der Waals surface area contributed by atoms with Crippen LogP contribution in [-0.4, -0.2) is 244 Å². The molecule has 0 spiro atoms. The van der Waals surface area contributed by atoms with E-state index in [0.29, 0.717) is 0 Å². The van der Waals surface area contributed by atoms with Crippen LogP contribution in [0.4, 0.5) is 0 Å². The molecule has 16 N–H and O–H groups in total. The van der Waals surface area contributed by atoms with Gasteiger partial charge in [-0.25, -0.2) is 4.79 Å². The molecule has 4 heterocycles. The van der Waals surface area contributed by atoms with Gasteiger partial charge in [0.05, 0.1) is 38.6 Å². The molecule has 0 radical (unpaired) electrons. The van der Waals surface area contributed by atoms with E-state index in [1.165, 1.54) is 0 Å². The fourth-order valence-electron chi connectivity index (χ4n) is 7.04. The van der Waals surface area contributed by atoms with Gasteiger partial charge in [0.2, 0.25) is 11.8 Å². The Morgan fingerprint density at radius 3 is 1.70 bits per heavy atom. The highest BCUT2D eigenvalue weighted by Crippen LogP contribution is 2.39. The van der Waals surface area contributed by atoms with Crippen molar-refractivity contribution in [1.82, 2.24) is 10.6 Å². The van der Waals surface area contributed by atoms with Crippen molar-refractivity contribution >= 4 is 17.8 Å². The normalized spacial score (nSPS) is 45.1. The standard InChI is InChI=1S/C31H52N2O24/c1-8(38)32-15-10(40)3-31(30(49)50,56-24(15)17(42)11(41)4-34)57-26-20(45)14(7-37)53-29(22(26)47)54-23-16(33-9(2)39)28(52-13(6-36)18(23)43)55-25-19(44)12(5-35)51-27(48)21(25)46/h10-29,34-37,40-48H,3-7H2,1-2H3,(H,32,38)(H,33,39)(H,49,50)/t10-,11+,12+,13+,14+,15+,16+,17+,18+,19-,20-,21+,22+,23+,24+,25-,26-,27+,28-,29-,31-/m0/s1. The van der Waals surface area contributed by atoms with Crippen molar-refractivity contribution in [2.75, 3.05) is 26.4 Å². The Bertz CT molecular complexity index is 1350. The lowest BCUT2D eigenvalue weighted by atomic mass is 9.88. The van der Waals surface area contributed by atoms with Crippen LogP contribution in [0, 0.1) is 0 Å². The fraction of sp³-hybridized carbons (Fsp3) is 0.903. The number of carbonyl (C=O) groups is 3. The van der Waals surface area contributed by atoms with Gasteiger partial charge in [-0.15, -0.1) is 0 Å². The zero-order chi connectivity index (χ0) is 42.7. The second-order valence-corrected chi connectivity index (χ2v) is 14.0. The molecular weight excluding hydrogens is 784 g/mol. The minimum absolute atomic E-state index is 0.792. The smallest absolute Gasteiger partial charge is 0.364 e. The Balaban J connectivity index is 1.69. The number of nitrogens with one attached hydrogen (secondary N) is 2. The Labute approximate surface area is 322 Å². The van der Waals surface area contributed by atoms with E-state index in [2.05, 4.69) is 10.6 Å². The number of aliphatic hydroxyl groups excluding tert-OH is 13. The first-order chi connectivity index (χ1) is 26.7.